The molecule has 6 nitrogen and oxygen atoms in total. The maximum Gasteiger partial charge on any atom is 0.165 e. The van der Waals surface area contributed by atoms with E-state index in [1.807, 2.05) is 6.33 Å². The van der Waals surface area contributed by atoms with Crippen LogP contribution in [0.25, 0.3) is 11.2 Å². The lowest BCUT2D eigenvalue weighted by atomic mass is 10.2. The van der Waals surface area contributed by atoms with Crippen molar-refractivity contribution in [2.75, 3.05) is 31.1 Å². The standard InChI is InChI=1S/C15H24N6/c1-4-19-7-6-8-21(12(3)9-19)15-13-14(16-10-17-15)20(5-2)11-18-13/h10-12H,4-9H2,1-3H3/t12-/m0/s1. The van der Waals surface area contributed by atoms with Crippen LogP contribution in [0.4, 0.5) is 5.82 Å². The van der Waals surface area contributed by atoms with Crippen LogP contribution in [0.3, 0.4) is 0 Å². The predicted molar refractivity (Wildman–Crippen MR) is 84.5 cm³/mol. The monoisotopic (exact) mass is 288 g/mol. The number of hydrogen-bond donors (Lipinski definition) is 0. The predicted octanol–water partition coefficient (Wildman–Crippen LogP) is 1.77. The second kappa shape index (κ2) is 5.97. The molecular weight excluding hydrogens is 264 g/mol. The summed E-state index contributed by atoms with van der Waals surface area (Å²) in [4.78, 5) is 18.4. The summed E-state index contributed by atoms with van der Waals surface area (Å²) in [7, 11) is 0. The summed E-state index contributed by atoms with van der Waals surface area (Å²) < 4.78 is 2.07. The molecule has 0 saturated carbocycles. The van der Waals surface area contributed by atoms with Crippen LogP contribution in [0.1, 0.15) is 27.2 Å². The highest BCUT2D eigenvalue weighted by molar-refractivity contribution is 5.83. The van der Waals surface area contributed by atoms with Gasteiger partial charge in [0.05, 0.1) is 6.33 Å². The number of nitrogens with zero attached hydrogens (tertiary/aromatic N) is 6. The minimum absolute atomic E-state index is 0.442. The largest absolute Gasteiger partial charge is 0.351 e. The molecule has 2 aromatic rings. The summed E-state index contributed by atoms with van der Waals surface area (Å²) in [6, 6.07) is 0.442. The van der Waals surface area contributed by atoms with Crippen LogP contribution in [-0.2, 0) is 6.54 Å². The van der Waals surface area contributed by atoms with Gasteiger partial charge in [-0.3, -0.25) is 0 Å². The third-order valence-corrected chi connectivity index (χ3v) is 4.37. The highest BCUT2D eigenvalue weighted by Gasteiger charge is 2.24. The van der Waals surface area contributed by atoms with Gasteiger partial charge < -0.3 is 14.4 Å². The summed E-state index contributed by atoms with van der Waals surface area (Å²) in [6.45, 7) is 11.9. The number of aromatic nitrogens is 4. The van der Waals surface area contributed by atoms with Crippen molar-refractivity contribution in [2.45, 2.75) is 39.8 Å². The van der Waals surface area contributed by atoms with Crippen molar-refractivity contribution in [2.24, 2.45) is 0 Å². The molecule has 0 N–H and O–H groups in total. The van der Waals surface area contributed by atoms with Crippen LogP contribution >= 0.6 is 0 Å². The fourth-order valence-corrected chi connectivity index (χ4v) is 3.16. The van der Waals surface area contributed by atoms with E-state index in [1.165, 1.54) is 0 Å². The van der Waals surface area contributed by atoms with E-state index < -0.39 is 0 Å². The molecular formula is C15H24N6. The average Bonchev–Trinajstić information content (AvgIpc) is 2.84. The summed E-state index contributed by atoms with van der Waals surface area (Å²) >= 11 is 0. The molecule has 1 fully saturated rings. The summed E-state index contributed by atoms with van der Waals surface area (Å²) in [5, 5.41) is 0. The third-order valence-electron chi connectivity index (χ3n) is 4.37. The van der Waals surface area contributed by atoms with E-state index in [9.17, 15) is 0 Å². The molecule has 0 bridgehead atoms. The molecule has 0 aliphatic carbocycles. The van der Waals surface area contributed by atoms with Gasteiger partial charge in [-0.1, -0.05) is 6.92 Å². The van der Waals surface area contributed by atoms with Crippen molar-refractivity contribution in [1.29, 1.82) is 0 Å². The Kier molecular flexibility index (Phi) is 4.05. The molecule has 21 heavy (non-hydrogen) atoms. The smallest absolute Gasteiger partial charge is 0.165 e. The van der Waals surface area contributed by atoms with Gasteiger partial charge in [-0.05, 0) is 33.4 Å². The van der Waals surface area contributed by atoms with Gasteiger partial charge in [0.1, 0.15) is 6.33 Å². The fourth-order valence-electron chi connectivity index (χ4n) is 3.16. The molecule has 3 heterocycles. The fraction of sp³-hybridized carbons (Fsp3) is 0.667. The molecule has 0 spiro atoms. The van der Waals surface area contributed by atoms with Crippen LogP contribution in [0.2, 0.25) is 0 Å². The molecule has 0 aromatic carbocycles. The molecule has 0 amide bonds. The zero-order valence-corrected chi connectivity index (χ0v) is 13.2. The Morgan fingerprint density at radius 3 is 2.76 bits per heavy atom. The van der Waals surface area contributed by atoms with E-state index >= 15 is 0 Å². The first-order valence-corrected chi connectivity index (χ1v) is 7.89. The van der Waals surface area contributed by atoms with Gasteiger partial charge >= 0.3 is 0 Å². The van der Waals surface area contributed by atoms with Gasteiger partial charge in [-0.2, -0.15) is 0 Å². The van der Waals surface area contributed by atoms with E-state index in [2.05, 4.69) is 50.1 Å². The zero-order valence-electron chi connectivity index (χ0n) is 13.2. The Hall–Kier alpha value is -1.69. The lowest BCUT2D eigenvalue weighted by Crippen LogP contribution is -2.39. The number of aryl methyl sites for hydroxylation is 1. The second-order valence-electron chi connectivity index (χ2n) is 5.69. The number of hydrogen-bond acceptors (Lipinski definition) is 5. The minimum Gasteiger partial charge on any atom is -0.351 e. The van der Waals surface area contributed by atoms with Crippen LogP contribution in [0.5, 0.6) is 0 Å². The van der Waals surface area contributed by atoms with Crippen LogP contribution in [0.15, 0.2) is 12.7 Å². The molecule has 1 aliphatic heterocycles. The van der Waals surface area contributed by atoms with Crippen molar-refractivity contribution in [3.05, 3.63) is 12.7 Å². The zero-order chi connectivity index (χ0) is 14.8. The maximum atomic E-state index is 4.55. The maximum absolute atomic E-state index is 4.55. The Morgan fingerprint density at radius 2 is 2.00 bits per heavy atom. The lowest BCUT2D eigenvalue weighted by molar-refractivity contribution is 0.291. The van der Waals surface area contributed by atoms with Crippen molar-refractivity contribution in [1.82, 2.24) is 24.4 Å². The first kappa shape index (κ1) is 14.3. The van der Waals surface area contributed by atoms with E-state index in [4.69, 9.17) is 0 Å². The van der Waals surface area contributed by atoms with E-state index in [-0.39, 0.29) is 0 Å². The van der Waals surface area contributed by atoms with Crippen LogP contribution < -0.4 is 4.90 Å². The van der Waals surface area contributed by atoms with E-state index in [1.54, 1.807) is 6.33 Å². The van der Waals surface area contributed by atoms with Gasteiger partial charge in [0.15, 0.2) is 17.0 Å². The average molecular weight is 288 g/mol. The molecule has 3 rings (SSSR count). The van der Waals surface area contributed by atoms with Crippen molar-refractivity contribution in [3.63, 3.8) is 0 Å². The third kappa shape index (κ3) is 2.60. The molecule has 1 atom stereocenters. The Morgan fingerprint density at radius 1 is 1.14 bits per heavy atom. The number of imidazole rings is 1. The first-order valence-electron chi connectivity index (χ1n) is 7.89. The Bertz CT molecular complexity index is 607. The SMILES string of the molecule is CCN1CCCN(c2ncnc3c2ncn3CC)[C@@H](C)C1. The number of likely N-dealkylation sites (N-methyl/N-ethyl adjacent to an activating group) is 1. The topological polar surface area (TPSA) is 50.1 Å². The van der Waals surface area contributed by atoms with E-state index in [0.717, 1.165) is 56.1 Å². The summed E-state index contributed by atoms with van der Waals surface area (Å²) in [5.74, 6) is 0.984. The summed E-state index contributed by atoms with van der Waals surface area (Å²) in [5.41, 5.74) is 1.86. The van der Waals surface area contributed by atoms with Crippen LogP contribution in [0, 0.1) is 0 Å². The second-order valence-corrected chi connectivity index (χ2v) is 5.69. The summed E-state index contributed by atoms with van der Waals surface area (Å²) in [6.07, 6.45) is 4.70. The normalized spacial score (nSPS) is 20.9. The van der Waals surface area contributed by atoms with Crippen molar-refractivity contribution in [3.8, 4) is 0 Å². The molecule has 2 aromatic heterocycles. The van der Waals surface area contributed by atoms with Gasteiger partial charge in [0.25, 0.3) is 0 Å². The molecule has 1 saturated heterocycles. The van der Waals surface area contributed by atoms with Gasteiger partial charge in [0.2, 0.25) is 0 Å². The molecule has 0 unspecified atom stereocenters. The minimum atomic E-state index is 0.442. The van der Waals surface area contributed by atoms with Crippen molar-refractivity contribution < 1.29 is 0 Å². The quantitative estimate of drug-likeness (QED) is 0.861. The number of rotatable bonds is 3. The molecule has 0 radical (unpaired) electrons. The highest BCUT2D eigenvalue weighted by Crippen LogP contribution is 2.25. The molecule has 6 heteroatoms. The lowest BCUT2D eigenvalue weighted by Gasteiger charge is -2.29. The molecule has 1 aliphatic rings. The Balaban J connectivity index is 1.97. The first-order chi connectivity index (χ1) is 10.2. The Labute approximate surface area is 125 Å². The molecule has 114 valence electrons. The van der Waals surface area contributed by atoms with Gasteiger partial charge in [-0.25, -0.2) is 15.0 Å². The van der Waals surface area contributed by atoms with Gasteiger partial charge in [0, 0.05) is 25.7 Å². The number of anilines is 1. The van der Waals surface area contributed by atoms with Crippen molar-refractivity contribution >= 4 is 17.0 Å². The number of fused-ring (bicyclic) bond motifs is 1. The van der Waals surface area contributed by atoms with E-state index in [0.29, 0.717) is 6.04 Å². The highest BCUT2D eigenvalue weighted by atomic mass is 15.3. The van der Waals surface area contributed by atoms with Gasteiger partial charge in [-0.15, -0.1) is 0 Å². The van der Waals surface area contributed by atoms with Crippen LogP contribution in [-0.4, -0.2) is 56.6 Å².